The van der Waals surface area contributed by atoms with Crippen LogP contribution in [0.1, 0.15) is 40.2 Å². The monoisotopic (exact) mass is 523 g/mol. The van der Waals surface area contributed by atoms with Gasteiger partial charge in [-0.2, -0.15) is 5.10 Å². The van der Waals surface area contributed by atoms with Crippen molar-refractivity contribution in [2.75, 3.05) is 20.3 Å². The Morgan fingerprint density at radius 2 is 1.86 bits per heavy atom. The number of rotatable bonds is 9. The predicted octanol–water partition coefficient (Wildman–Crippen LogP) is 4.69. The summed E-state index contributed by atoms with van der Waals surface area (Å²) >= 11 is 1.27. The van der Waals surface area contributed by atoms with Gasteiger partial charge < -0.3 is 19.9 Å². The molecule has 1 unspecified atom stereocenters. The average Bonchev–Trinajstić information content (AvgIpc) is 3.36. The number of methoxy groups -OCH3 is 1. The van der Waals surface area contributed by atoms with Gasteiger partial charge in [0.2, 0.25) is 0 Å². The van der Waals surface area contributed by atoms with Crippen molar-refractivity contribution in [3.05, 3.63) is 89.2 Å². The fraction of sp³-hybridized carbons (Fsp3) is 0.222. The molecule has 0 radical (unpaired) electrons. The van der Waals surface area contributed by atoms with Gasteiger partial charge in [-0.25, -0.2) is 9.40 Å². The lowest BCUT2D eigenvalue weighted by atomic mass is 10.1. The van der Waals surface area contributed by atoms with Crippen LogP contribution >= 0.6 is 11.8 Å². The zero-order valence-corrected chi connectivity index (χ0v) is 21.1. The zero-order chi connectivity index (χ0) is 26.4. The summed E-state index contributed by atoms with van der Waals surface area (Å²) < 4.78 is 24.9. The zero-order valence-electron chi connectivity index (χ0n) is 20.3. The maximum atomic E-state index is 13.5. The topological polar surface area (TPSA) is 100 Å². The quantitative estimate of drug-likeness (QED) is 0.422. The molecular formula is C27H26FN3O5S. The molecule has 3 aromatic rings. The van der Waals surface area contributed by atoms with Crippen molar-refractivity contribution in [1.29, 1.82) is 0 Å². The van der Waals surface area contributed by atoms with Crippen molar-refractivity contribution in [2.45, 2.75) is 18.7 Å². The molecule has 0 saturated heterocycles. The van der Waals surface area contributed by atoms with Crippen LogP contribution in [0.4, 0.5) is 4.39 Å². The van der Waals surface area contributed by atoms with Crippen molar-refractivity contribution in [3.8, 4) is 17.2 Å². The molecule has 1 aliphatic rings. The van der Waals surface area contributed by atoms with E-state index in [9.17, 15) is 19.1 Å². The SMILES string of the molecule is CCCNC(=O)COc1cccc(C2SC(c3ccc(F)cc3)=NN2C(=O)c2ccccc2O)c1OC. The summed E-state index contributed by atoms with van der Waals surface area (Å²) in [6.07, 6.45) is 0.806. The van der Waals surface area contributed by atoms with E-state index in [1.54, 1.807) is 42.5 Å². The Labute approximate surface area is 218 Å². The number of phenolic OH excluding ortho intramolecular Hbond substituents is 1. The average molecular weight is 524 g/mol. The first-order valence-corrected chi connectivity index (χ1v) is 12.5. The smallest absolute Gasteiger partial charge is 0.279 e. The first-order chi connectivity index (χ1) is 17.9. The minimum absolute atomic E-state index is 0.0798. The molecule has 0 fully saturated rings. The highest BCUT2D eigenvalue weighted by Gasteiger charge is 2.37. The maximum absolute atomic E-state index is 13.5. The van der Waals surface area contributed by atoms with E-state index < -0.39 is 11.3 Å². The molecule has 4 rings (SSSR count). The largest absolute Gasteiger partial charge is 0.507 e. The Hall–Kier alpha value is -4.05. The van der Waals surface area contributed by atoms with E-state index in [1.165, 1.54) is 48.1 Å². The number of ether oxygens (including phenoxy) is 2. The molecule has 0 bridgehead atoms. The molecule has 1 aliphatic heterocycles. The van der Waals surface area contributed by atoms with Gasteiger partial charge in [-0.3, -0.25) is 9.59 Å². The van der Waals surface area contributed by atoms with Crippen molar-refractivity contribution < 1.29 is 28.6 Å². The number of para-hydroxylation sites is 2. The van der Waals surface area contributed by atoms with E-state index in [2.05, 4.69) is 10.4 Å². The van der Waals surface area contributed by atoms with Crippen molar-refractivity contribution in [2.24, 2.45) is 5.10 Å². The van der Waals surface area contributed by atoms with E-state index in [0.29, 0.717) is 34.2 Å². The van der Waals surface area contributed by atoms with Gasteiger partial charge in [0, 0.05) is 17.7 Å². The second kappa shape index (κ2) is 11.8. The first-order valence-electron chi connectivity index (χ1n) is 11.6. The van der Waals surface area contributed by atoms with Crippen molar-refractivity contribution >= 4 is 28.6 Å². The van der Waals surface area contributed by atoms with Crippen molar-refractivity contribution in [3.63, 3.8) is 0 Å². The Morgan fingerprint density at radius 1 is 1.11 bits per heavy atom. The molecule has 37 heavy (non-hydrogen) atoms. The Bertz CT molecular complexity index is 1320. The number of hydrogen-bond donors (Lipinski definition) is 2. The normalized spacial score (nSPS) is 14.7. The number of benzene rings is 3. The third kappa shape index (κ3) is 5.86. The number of hydrogen-bond acceptors (Lipinski definition) is 7. The van der Waals surface area contributed by atoms with Gasteiger partial charge in [0.05, 0.1) is 12.7 Å². The first kappa shape index (κ1) is 26.0. The predicted molar refractivity (Wildman–Crippen MR) is 139 cm³/mol. The molecule has 2 N–H and O–H groups in total. The lowest BCUT2D eigenvalue weighted by Gasteiger charge is -2.24. The summed E-state index contributed by atoms with van der Waals surface area (Å²) in [4.78, 5) is 25.6. The molecule has 1 heterocycles. The molecule has 3 aromatic carbocycles. The highest BCUT2D eigenvalue weighted by Crippen LogP contribution is 2.47. The van der Waals surface area contributed by atoms with Gasteiger partial charge in [-0.1, -0.05) is 43.0 Å². The molecule has 0 saturated carbocycles. The standard InChI is InChI=1S/C27H26FN3O5S/c1-3-15-29-23(33)16-36-22-10-6-8-20(24(22)35-2)27-31(26(34)19-7-4-5-9-21(19)32)30-25(37-27)17-11-13-18(28)14-12-17/h4-14,27,32H,3,15-16H2,1-2H3,(H,29,33). The molecule has 10 heteroatoms. The van der Waals surface area contributed by atoms with Crippen LogP contribution in [0.15, 0.2) is 71.8 Å². The lowest BCUT2D eigenvalue weighted by molar-refractivity contribution is -0.123. The van der Waals surface area contributed by atoms with Gasteiger partial charge in [-0.05, 0) is 48.9 Å². The Balaban J connectivity index is 1.70. The van der Waals surface area contributed by atoms with E-state index in [0.717, 1.165) is 6.42 Å². The minimum atomic E-state index is -0.695. The van der Waals surface area contributed by atoms with Gasteiger partial charge in [-0.15, -0.1) is 0 Å². The molecular weight excluding hydrogens is 497 g/mol. The summed E-state index contributed by atoms with van der Waals surface area (Å²) in [6, 6.07) is 17.2. The summed E-state index contributed by atoms with van der Waals surface area (Å²) in [7, 11) is 1.47. The third-order valence-corrected chi connectivity index (χ3v) is 6.71. The molecule has 0 aromatic heterocycles. The number of aromatic hydroxyl groups is 1. The highest BCUT2D eigenvalue weighted by atomic mass is 32.2. The van der Waals surface area contributed by atoms with Gasteiger partial charge in [0.25, 0.3) is 11.8 Å². The van der Waals surface area contributed by atoms with Crippen LogP contribution in [-0.2, 0) is 4.79 Å². The maximum Gasteiger partial charge on any atom is 0.279 e. The van der Waals surface area contributed by atoms with Gasteiger partial charge >= 0.3 is 0 Å². The van der Waals surface area contributed by atoms with Crippen molar-refractivity contribution in [1.82, 2.24) is 10.3 Å². The number of carbonyl (C=O) groups is 2. The lowest BCUT2D eigenvalue weighted by Crippen LogP contribution is -2.29. The number of nitrogens with one attached hydrogen (secondary N) is 1. The summed E-state index contributed by atoms with van der Waals surface area (Å²) in [5, 5.41) is 18.7. The number of amides is 2. The highest BCUT2D eigenvalue weighted by molar-refractivity contribution is 8.14. The number of thioether (sulfide) groups is 1. The van der Waals surface area contributed by atoms with Crippen LogP contribution in [0, 0.1) is 5.82 Å². The molecule has 2 amide bonds. The Kier molecular flexibility index (Phi) is 8.29. The van der Waals surface area contributed by atoms with E-state index >= 15 is 0 Å². The fourth-order valence-electron chi connectivity index (χ4n) is 3.69. The van der Waals surface area contributed by atoms with Gasteiger partial charge in [0.1, 0.15) is 22.0 Å². The second-order valence-corrected chi connectivity index (χ2v) is 9.14. The van der Waals surface area contributed by atoms with E-state index in [4.69, 9.17) is 9.47 Å². The molecule has 0 aliphatic carbocycles. The van der Waals surface area contributed by atoms with Gasteiger partial charge in [0.15, 0.2) is 18.1 Å². The second-order valence-electron chi connectivity index (χ2n) is 8.07. The fourth-order valence-corrected chi connectivity index (χ4v) is 4.86. The van der Waals surface area contributed by atoms with Crippen LogP contribution in [0.25, 0.3) is 0 Å². The number of halogens is 1. The number of nitrogens with zero attached hydrogens (tertiary/aromatic N) is 2. The van der Waals surface area contributed by atoms with Crippen LogP contribution in [0.5, 0.6) is 17.2 Å². The Morgan fingerprint density at radius 3 is 2.57 bits per heavy atom. The van der Waals surface area contributed by atoms with E-state index in [-0.39, 0.29) is 29.6 Å². The number of hydrazone groups is 1. The molecule has 1 atom stereocenters. The summed E-state index contributed by atoms with van der Waals surface area (Å²) in [6.45, 7) is 2.30. The summed E-state index contributed by atoms with van der Waals surface area (Å²) in [5.74, 6) is -0.682. The number of carbonyl (C=O) groups excluding carboxylic acids is 2. The van der Waals surface area contributed by atoms with Crippen LogP contribution in [0.2, 0.25) is 0 Å². The van der Waals surface area contributed by atoms with E-state index in [1.807, 2.05) is 6.92 Å². The minimum Gasteiger partial charge on any atom is -0.507 e. The van der Waals surface area contributed by atoms with Crippen LogP contribution < -0.4 is 14.8 Å². The molecule has 8 nitrogen and oxygen atoms in total. The van der Waals surface area contributed by atoms with Crippen LogP contribution in [0.3, 0.4) is 0 Å². The molecule has 0 spiro atoms. The summed E-state index contributed by atoms with van der Waals surface area (Å²) in [5.41, 5.74) is 1.28. The van der Waals surface area contributed by atoms with Crippen LogP contribution in [-0.4, -0.2) is 47.2 Å². The molecule has 192 valence electrons. The number of phenols is 1. The third-order valence-electron chi connectivity index (χ3n) is 5.49.